The molecule has 0 rings (SSSR count). The average molecular weight is 273 g/mol. The zero-order chi connectivity index (χ0) is 7.15. The minimum Gasteiger partial charge on any atom is -1.00 e. The predicted octanol–water partition coefficient (Wildman–Crippen LogP) is -7.07. The summed E-state index contributed by atoms with van der Waals surface area (Å²) in [7, 11) is 0. The monoisotopic (exact) mass is 274 g/mol. The third kappa shape index (κ3) is 12400. The Kier molecular flexibility index (Phi) is 35.9. The van der Waals surface area contributed by atoms with Gasteiger partial charge < -0.3 is 37.3 Å². The summed E-state index contributed by atoms with van der Waals surface area (Å²) < 4.78 is 0. The van der Waals surface area contributed by atoms with E-state index in [9.17, 15) is 0 Å². The summed E-state index contributed by atoms with van der Waals surface area (Å²) in [5, 5.41) is 25.6. The zero-order valence-corrected chi connectivity index (χ0v) is 8.53. The van der Waals surface area contributed by atoms with Gasteiger partial charge in [0.15, 0.2) is 0 Å². The van der Waals surface area contributed by atoms with Gasteiger partial charge in [0.05, 0.1) is 0 Å². The molecular weight excluding hydrogens is 270 g/mol. The minimum atomic E-state index is -2.33. The molecule has 0 unspecified atom stereocenters. The van der Waals surface area contributed by atoms with Crippen molar-refractivity contribution in [3.8, 4) is 0 Å². The summed E-state index contributed by atoms with van der Waals surface area (Å²) in [6, 6.07) is 0. The van der Waals surface area contributed by atoms with Crippen LogP contribution in [0.25, 0.3) is 0 Å². The van der Waals surface area contributed by atoms with Crippen molar-refractivity contribution in [1.82, 2.24) is 0 Å². The summed E-state index contributed by atoms with van der Waals surface area (Å²) in [6.07, 6.45) is -2.33. The number of carboxylic acid groups (broad SMARTS) is 3. The van der Waals surface area contributed by atoms with Crippen molar-refractivity contribution in [3.63, 3.8) is 0 Å². The van der Waals surface area contributed by atoms with E-state index in [4.69, 9.17) is 24.9 Å². The maximum atomic E-state index is 8.89. The summed E-state index contributed by atoms with van der Waals surface area (Å²) in [6.45, 7) is 0.972. The Morgan fingerprint density at radius 2 is 1.10 bits per heavy atom. The third-order valence-corrected chi connectivity index (χ3v) is 0. The molecule has 0 amide bonds. The SMILES string of the molecule is CC(=O)[O-].O=C([O-])[O-].[Cl-].[Sn+4]. The van der Waals surface area contributed by atoms with E-state index in [1.54, 1.807) is 0 Å². The summed E-state index contributed by atoms with van der Waals surface area (Å²) in [5.41, 5.74) is 0. The molecule has 7 heteroatoms. The summed E-state index contributed by atoms with van der Waals surface area (Å²) in [5.74, 6) is -1.08. The summed E-state index contributed by atoms with van der Waals surface area (Å²) >= 11 is 0. The minimum absolute atomic E-state index is 0. The van der Waals surface area contributed by atoms with Gasteiger partial charge in [-0.25, -0.2) is 0 Å². The molecule has 0 aliphatic heterocycles. The number of halogens is 1. The maximum Gasteiger partial charge on any atom is 4.00 e. The van der Waals surface area contributed by atoms with Gasteiger partial charge in [-0.2, -0.15) is 0 Å². The Balaban J connectivity index is -0.0000000300. The van der Waals surface area contributed by atoms with Gasteiger partial charge in [-0.15, -0.1) is 0 Å². The Morgan fingerprint density at radius 1 is 1.10 bits per heavy atom. The van der Waals surface area contributed by atoms with Crippen molar-refractivity contribution in [2.45, 2.75) is 6.92 Å². The summed E-state index contributed by atoms with van der Waals surface area (Å²) in [4.78, 5) is 17.2. The molecule has 0 radical (unpaired) electrons. The van der Waals surface area contributed by atoms with E-state index in [0.29, 0.717) is 0 Å². The molecule has 10 heavy (non-hydrogen) atoms. The molecule has 0 aromatic rings. The molecule has 0 heterocycles. The normalized spacial score (nSPS) is 4.90. The Bertz CT molecular complexity index is 74.9. The largest absolute Gasteiger partial charge is 4.00 e. The molecule has 56 valence electrons. The number of carbonyl (C=O) groups is 2. The van der Waals surface area contributed by atoms with E-state index in [-0.39, 0.29) is 36.3 Å². The number of aliphatic carboxylic acids is 1. The fourth-order valence-electron chi connectivity index (χ4n) is 0. The van der Waals surface area contributed by atoms with E-state index in [0.717, 1.165) is 6.92 Å². The van der Waals surface area contributed by atoms with Crippen LogP contribution in [-0.4, -0.2) is 36.0 Å². The second kappa shape index (κ2) is 15.9. The number of hydrogen-bond acceptors (Lipinski definition) is 5. The van der Waals surface area contributed by atoms with Crippen molar-refractivity contribution in [3.05, 3.63) is 0 Å². The van der Waals surface area contributed by atoms with Gasteiger partial charge in [0, 0.05) is 5.97 Å². The first kappa shape index (κ1) is 22.5. The second-order valence-electron chi connectivity index (χ2n) is 0.742. The predicted molar refractivity (Wildman–Crippen MR) is 21.8 cm³/mol. The van der Waals surface area contributed by atoms with Crippen molar-refractivity contribution in [2.24, 2.45) is 0 Å². The molecule has 0 fully saturated rings. The van der Waals surface area contributed by atoms with Crippen LogP contribution in [0.4, 0.5) is 4.79 Å². The first-order valence-corrected chi connectivity index (χ1v) is 1.52. The number of hydrogen-bond donors (Lipinski definition) is 0. The first-order valence-electron chi connectivity index (χ1n) is 1.52. The maximum absolute atomic E-state index is 8.89. The Hall–Kier alpha value is -0.171. The van der Waals surface area contributed by atoms with Gasteiger partial charge in [0.1, 0.15) is 0 Å². The van der Waals surface area contributed by atoms with Crippen LogP contribution in [0.2, 0.25) is 0 Å². The van der Waals surface area contributed by atoms with E-state index in [1.807, 2.05) is 0 Å². The van der Waals surface area contributed by atoms with E-state index >= 15 is 0 Å². The molecule has 0 N–H and O–H groups in total. The van der Waals surface area contributed by atoms with Crippen LogP contribution in [0.1, 0.15) is 6.92 Å². The van der Waals surface area contributed by atoms with Crippen molar-refractivity contribution in [1.29, 1.82) is 0 Å². The van der Waals surface area contributed by atoms with E-state index < -0.39 is 12.1 Å². The van der Waals surface area contributed by atoms with E-state index in [2.05, 4.69) is 0 Å². The van der Waals surface area contributed by atoms with Gasteiger partial charge >= 0.3 is 23.9 Å². The molecule has 0 spiro atoms. The van der Waals surface area contributed by atoms with Crippen LogP contribution >= 0.6 is 0 Å². The third-order valence-electron chi connectivity index (χ3n) is 0. The van der Waals surface area contributed by atoms with E-state index in [1.165, 1.54) is 0 Å². The number of carbonyl (C=O) groups excluding carboxylic acids is 2. The molecule has 0 saturated heterocycles. The van der Waals surface area contributed by atoms with Gasteiger partial charge in [-0.3, -0.25) is 0 Å². The molecule has 0 bridgehead atoms. The molecule has 0 saturated carbocycles. The van der Waals surface area contributed by atoms with Crippen LogP contribution in [0.3, 0.4) is 0 Å². The van der Waals surface area contributed by atoms with Crippen LogP contribution in [0, 0.1) is 0 Å². The Morgan fingerprint density at radius 3 is 1.10 bits per heavy atom. The molecule has 0 atom stereocenters. The van der Waals surface area contributed by atoms with Crippen LogP contribution in [0.15, 0.2) is 0 Å². The van der Waals surface area contributed by atoms with Crippen LogP contribution in [-0.2, 0) is 4.79 Å². The topological polar surface area (TPSA) is 103 Å². The smallest absolute Gasteiger partial charge is 1.00 e. The molecular formula is C3H3ClO5Sn. The van der Waals surface area contributed by atoms with Crippen LogP contribution in [0.5, 0.6) is 0 Å². The molecule has 5 nitrogen and oxygen atoms in total. The quantitative estimate of drug-likeness (QED) is 0.408. The second-order valence-corrected chi connectivity index (χ2v) is 0.742. The van der Waals surface area contributed by atoms with Crippen molar-refractivity contribution < 1.29 is 37.3 Å². The number of rotatable bonds is 0. The molecule has 0 aliphatic carbocycles. The van der Waals surface area contributed by atoms with Crippen LogP contribution < -0.4 is 27.7 Å². The van der Waals surface area contributed by atoms with Crippen molar-refractivity contribution in [2.75, 3.05) is 0 Å². The van der Waals surface area contributed by atoms with Gasteiger partial charge in [-0.05, 0) is 13.1 Å². The fraction of sp³-hybridized carbons (Fsp3) is 0.333. The molecule has 0 aromatic heterocycles. The van der Waals surface area contributed by atoms with Gasteiger partial charge in [0.25, 0.3) is 0 Å². The molecule has 0 aromatic carbocycles. The average Bonchev–Trinajstić information content (AvgIpc) is 1.25. The van der Waals surface area contributed by atoms with Crippen molar-refractivity contribution >= 4 is 36.0 Å². The van der Waals surface area contributed by atoms with Gasteiger partial charge in [0.2, 0.25) is 0 Å². The zero-order valence-electron chi connectivity index (χ0n) is 4.92. The van der Waals surface area contributed by atoms with Gasteiger partial charge in [-0.1, -0.05) is 0 Å². The Labute approximate surface area is 80.4 Å². The fourth-order valence-corrected chi connectivity index (χ4v) is 0. The standard InChI is InChI=1S/C2H4O2.CH2O3.ClH.Sn/c1-2(3)4;2-1(3)4;;/h1H3,(H,3,4);(H2,2,3,4);1H;/q;;;+4/p-4. The molecule has 0 aliphatic rings. The first-order chi connectivity index (χ1) is 3.46. The number of carboxylic acids is 1.